The Kier molecular flexibility index (Phi) is 3.32. The summed E-state index contributed by atoms with van der Waals surface area (Å²) in [6.45, 7) is 2.60. The van der Waals surface area contributed by atoms with Gasteiger partial charge in [-0.05, 0) is 12.3 Å². The summed E-state index contributed by atoms with van der Waals surface area (Å²) >= 11 is 3.93. The third kappa shape index (κ3) is 2.34. The molecule has 0 aromatic heterocycles. The molecule has 1 amide bonds. The minimum Gasteiger partial charge on any atom is -0.444 e. The Labute approximate surface area is 79.4 Å². The molecule has 0 N–H and O–H groups in total. The highest BCUT2D eigenvalue weighted by atomic mass is 32.1. The van der Waals surface area contributed by atoms with Gasteiger partial charge in [-0.25, -0.2) is 4.79 Å². The van der Waals surface area contributed by atoms with Crippen LogP contribution in [-0.2, 0) is 4.74 Å². The van der Waals surface area contributed by atoms with Crippen molar-refractivity contribution in [2.24, 2.45) is 5.92 Å². The van der Waals surface area contributed by atoms with Gasteiger partial charge in [0.1, 0.15) is 6.10 Å². The molecule has 1 saturated heterocycles. The van der Waals surface area contributed by atoms with Gasteiger partial charge >= 0.3 is 6.09 Å². The third-order valence-corrected chi connectivity index (χ3v) is 2.25. The predicted molar refractivity (Wildman–Crippen MR) is 50.3 cm³/mol. The number of hydrogen-bond donors (Lipinski definition) is 1. The number of ether oxygens (including phenoxy) is 1. The molecular formula is C7H12BNO2S. The van der Waals surface area contributed by atoms with E-state index in [4.69, 9.17) is 12.6 Å². The Morgan fingerprint density at radius 1 is 1.92 bits per heavy atom. The number of carbonyl (C=O) groups excluding carboxylic acids is 1. The summed E-state index contributed by atoms with van der Waals surface area (Å²) in [5.74, 6) is 0.391. The van der Waals surface area contributed by atoms with E-state index in [0.717, 1.165) is 6.42 Å². The monoisotopic (exact) mass is 185 g/mol. The topological polar surface area (TPSA) is 29.5 Å². The summed E-state index contributed by atoms with van der Waals surface area (Å²) in [6, 6.07) is 0. The molecule has 1 rings (SSSR count). The molecule has 0 aliphatic carbocycles. The summed E-state index contributed by atoms with van der Waals surface area (Å²) in [6.07, 6.45) is 1.06. The molecule has 0 spiro atoms. The maximum absolute atomic E-state index is 10.9. The number of thiol groups is 1. The Morgan fingerprint density at radius 3 is 3.00 bits per heavy atom. The molecule has 2 unspecified atom stereocenters. The number of carbonyl (C=O) groups is 1. The van der Waals surface area contributed by atoms with Crippen molar-refractivity contribution in [2.45, 2.75) is 25.8 Å². The number of cyclic esters (lactones) is 1. The minimum absolute atomic E-state index is 0.0338. The molecule has 0 bridgehead atoms. The van der Waals surface area contributed by atoms with Gasteiger partial charge in [0.15, 0.2) is 0 Å². The summed E-state index contributed by atoms with van der Waals surface area (Å²) in [7, 11) is 5.45. The van der Waals surface area contributed by atoms with Crippen LogP contribution in [0.15, 0.2) is 0 Å². The highest BCUT2D eigenvalue weighted by Crippen LogP contribution is 2.20. The van der Waals surface area contributed by atoms with Gasteiger partial charge < -0.3 is 4.74 Å². The standard InChI is InChI=1S/C7H12BNO2S/c1-5(3-8)2-6-4-9(12)7(10)11-6/h5-6,12H,2-4H2,1H3. The molecule has 3 nitrogen and oxygen atoms in total. The average Bonchev–Trinajstić information content (AvgIpc) is 2.31. The molecule has 2 radical (unpaired) electrons. The number of rotatable bonds is 3. The van der Waals surface area contributed by atoms with Crippen LogP contribution in [0.2, 0.25) is 6.32 Å². The lowest BCUT2D eigenvalue weighted by Crippen LogP contribution is -2.16. The van der Waals surface area contributed by atoms with Crippen LogP contribution in [0.5, 0.6) is 0 Å². The summed E-state index contributed by atoms with van der Waals surface area (Å²) in [4.78, 5) is 10.9. The van der Waals surface area contributed by atoms with E-state index in [9.17, 15) is 4.79 Å². The fourth-order valence-corrected chi connectivity index (χ4v) is 1.41. The number of amides is 1. The molecule has 1 aliphatic rings. The highest BCUT2D eigenvalue weighted by Gasteiger charge is 2.29. The second kappa shape index (κ2) is 4.07. The second-order valence-corrected chi connectivity index (χ2v) is 3.65. The zero-order valence-corrected chi connectivity index (χ0v) is 7.96. The Morgan fingerprint density at radius 2 is 2.58 bits per heavy atom. The lowest BCUT2D eigenvalue weighted by molar-refractivity contribution is 0.127. The first kappa shape index (κ1) is 9.77. The van der Waals surface area contributed by atoms with Crippen molar-refractivity contribution in [3.05, 3.63) is 0 Å². The largest absolute Gasteiger partial charge is 0.444 e. The Hall–Kier alpha value is -0.315. The SMILES string of the molecule is [B]CC(C)CC1CN(S)C(=O)O1. The van der Waals surface area contributed by atoms with Gasteiger partial charge in [-0.1, -0.05) is 26.1 Å². The Bertz CT molecular complexity index is 179. The molecule has 0 aromatic carbocycles. The average molecular weight is 185 g/mol. The molecule has 0 saturated carbocycles. The maximum Gasteiger partial charge on any atom is 0.420 e. The van der Waals surface area contributed by atoms with Crippen LogP contribution in [0, 0.1) is 5.92 Å². The lowest BCUT2D eigenvalue weighted by atomic mass is 9.89. The van der Waals surface area contributed by atoms with Gasteiger partial charge in [-0.2, -0.15) is 0 Å². The fourth-order valence-electron chi connectivity index (χ4n) is 1.18. The van der Waals surface area contributed by atoms with Gasteiger partial charge in [-0.3, -0.25) is 4.31 Å². The lowest BCUT2D eigenvalue weighted by Gasteiger charge is -2.12. The predicted octanol–water partition coefficient (Wildman–Crippen LogP) is 1.26. The van der Waals surface area contributed by atoms with Crippen molar-refractivity contribution >= 4 is 26.8 Å². The minimum atomic E-state index is -0.354. The number of nitrogens with zero attached hydrogens (tertiary/aromatic N) is 1. The van der Waals surface area contributed by atoms with E-state index in [0.29, 0.717) is 18.8 Å². The van der Waals surface area contributed by atoms with Gasteiger partial charge in [0.05, 0.1) is 14.4 Å². The summed E-state index contributed by atoms with van der Waals surface area (Å²) in [5.41, 5.74) is 0. The zero-order valence-electron chi connectivity index (χ0n) is 7.06. The van der Waals surface area contributed by atoms with Crippen molar-refractivity contribution in [3.63, 3.8) is 0 Å². The van der Waals surface area contributed by atoms with E-state index in [-0.39, 0.29) is 12.2 Å². The van der Waals surface area contributed by atoms with Gasteiger partial charge in [0, 0.05) is 0 Å². The first-order valence-electron chi connectivity index (χ1n) is 4.00. The van der Waals surface area contributed by atoms with E-state index >= 15 is 0 Å². The molecule has 0 aromatic rings. The smallest absolute Gasteiger partial charge is 0.420 e. The third-order valence-electron chi connectivity index (χ3n) is 1.92. The first-order valence-corrected chi connectivity index (χ1v) is 4.40. The van der Waals surface area contributed by atoms with E-state index in [1.165, 1.54) is 4.31 Å². The van der Waals surface area contributed by atoms with Crippen LogP contribution < -0.4 is 0 Å². The number of hydrogen-bond acceptors (Lipinski definition) is 3. The second-order valence-electron chi connectivity index (χ2n) is 3.16. The molecule has 1 aliphatic heterocycles. The molecule has 5 heteroatoms. The highest BCUT2D eigenvalue weighted by molar-refractivity contribution is 7.78. The van der Waals surface area contributed by atoms with Crippen LogP contribution in [0.3, 0.4) is 0 Å². The van der Waals surface area contributed by atoms with Crippen LogP contribution in [0.1, 0.15) is 13.3 Å². The molecule has 2 atom stereocenters. The van der Waals surface area contributed by atoms with Gasteiger partial charge in [0.25, 0.3) is 0 Å². The van der Waals surface area contributed by atoms with Crippen molar-refractivity contribution < 1.29 is 9.53 Å². The van der Waals surface area contributed by atoms with Crippen LogP contribution in [0.25, 0.3) is 0 Å². The van der Waals surface area contributed by atoms with Crippen LogP contribution >= 0.6 is 12.8 Å². The first-order chi connectivity index (χ1) is 5.63. The van der Waals surface area contributed by atoms with E-state index in [2.05, 4.69) is 12.8 Å². The molecule has 1 heterocycles. The van der Waals surface area contributed by atoms with Crippen molar-refractivity contribution in [1.82, 2.24) is 4.31 Å². The van der Waals surface area contributed by atoms with Crippen molar-refractivity contribution in [2.75, 3.05) is 6.54 Å². The van der Waals surface area contributed by atoms with Crippen molar-refractivity contribution in [3.8, 4) is 0 Å². The fraction of sp³-hybridized carbons (Fsp3) is 0.857. The van der Waals surface area contributed by atoms with Crippen LogP contribution in [0.4, 0.5) is 4.79 Å². The molecule has 66 valence electrons. The van der Waals surface area contributed by atoms with E-state index in [1.54, 1.807) is 0 Å². The zero-order chi connectivity index (χ0) is 9.14. The summed E-state index contributed by atoms with van der Waals surface area (Å²) in [5, 5.41) is 0. The Balaban J connectivity index is 2.32. The van der Waals surface area contributed by atoms with Crippen LogP contribution in [-0.4, -0.2) is 30.9 Å². The van der Waals surface area contributed by atoms with Gasteiger partial charge in [0.2, 0.25) is 0 Å². The van der Waals surface area contributed by atoms with Crippen molar-refractivity contribution in [1.29, 1.82) is 0 Å². The quantitative estimate of drug-likeness (QED) is 0.529. The normalized spacial score (nSPS) is 25.7. The maximum atomic E-state index is 10.9. The summed E-state index contributed by atoms with van der Waals surface area (Å²) < 4.78 is 6.29. The molecular weight excluding hydrogens is 173 g/mol. The van der Waals surface area contributed by atoms with Gasteiger partial charge in [-0.15, -0.1) is 0 Å². The van der Waals surface area contributed by atoms with E-state index in [1.807, 2.05) is 6.92 Å². The van der Waals surface area contributed by atoms with E-state index < -0.39 is 0 Å². The molecule has 1 fully saturated rings. The molecule has 12 heavy (non-hydrogen) atoms.